The van der Waals surface area contributed by atoms with Gasteiger partial charge in [-0.1, -0.05) is 226 Å². The second kappa shape index (κ2) is 56.0. The highest BCUT2D eigenvalue weighted by Gasteiger charge is 2.26. The minimum Gasteiger partial charge on any atom is -0.462 e. The fraction of sp³-hybridized carbons (Fsp3) is 0.672. The Labute approximate surface area is 435 Å². The zero-order chi connectivity index (χ0) is 51.7. The van der Waals surface area contributed by atoms with Crippen molar-refractivity contribution in [3.05, 3.63) is 109 Å². The van der Waals surface area contributed by atoms with Gasteiger partial charge in [-0.05, 0) is 103 Å². The second-order valence-electron chi connectivity index (χ2n) is 18.4. The molecule has 0 aromatic heterocycles. The van der Waals surface area contributed by atoms with E-state index in [9.17, 15) is 19.0 Å². The van der Waals surface area contributed by atoms with E-state index in [-0.39, 0.29) is 32.6 Å². The molecule has 9 nitrogen and oxygen atoms in total. The minimum atomic E-state index is -4.40. The molecule has 2 atom stereocenters. The average molecular weight is 1010 g/mol. The number of carbonyl (C=O) groups excluding carboxylic acids is 2. The Balaban J connectivity index is 4.04. The maximum Gasteiger partial charge on any atom is 0.472 e. The predicted molar refractivity (Wildman–Crippen MR) is 302 cm³/mol. The van der Waals surface area contributed by atoms with Gasteiger partial charge in [0.25, 0.3) is 0 Å². The summed E-state index contributed by atoms with van der Waals surface area (Å²) in [5.41, 5.74) is 5.37. The molecule has 0 aliphatic heterocycles. The summed E-state index contributed by atoms with van der Waals surface area (Å²) in [5, 5.41) is 0. The summed E-state index contributed by atoms with van der Waals surface area (Å²) in [6.07, 6.45) is 75.6. The Bertz CT molecular complexity index is 1530. The monoisotopic (exact) mass is 1010 g/mol. The lowest BCUT2D eigenvalue weighted by atomic mass is 10.1. The van der Waals surface area contributed by atoms with E-state index >= 15 is 0 Å². The largest absolute Gasteiger partial charge is 0.472 e. The van der Waals surface area contributed by atoms with Crippen molar-refractivity contribution in [1.29, 1.82) is 0 Å². The Morgan fingerprint density at radius 3 is 1.17 bits per heavy atom. The summed E-state index contributed by atoms with van der Waals surface area (Å²) in [4.78, 5) is 35.1. The third kappa shape index (κ3) is 55.8. The topological polar surface area (TPSA) is 134 Å². The van der Waals surface area contributed by atoms with Gasteiger partial charge in [0.1, 0.15) is 6.61 Å². The van der Waals surface area contributed by atoms with Crippen LogP contribution in [0.15, 0.2) is 109 Å². The van der Waals surface area contributed by atoms with E-state index in [1.165, 1.54) is 89.9 Å². The van der Waals surface area contributed by atoms with Crippen LogP contribution in [0.1, 0.15) is 232 Å². The molecule has 0 rings (SSSR count). The normalized spacial score (nSPS) is 13.9. The van der Waals surface area contributed by atoms with Crippen molar-refractivity contribution in [2.24, 2.45) is 5.73 Å². The van der Waals surface area contributed by atoms with Crippen LogP contribution >= 0.6 is 7.82 Å². The van der Waals surface area contributed by atoms with Crippen molar-refractivity contribution in [3.63, 3.8) is 0 Å². The van der Waals surface area contributed by atoms with Crippen LogP contribution in [-0.2, 0) is 32.7 Å². The lowest BCUT2D eigenvalue weighted by Gasteiger charge is -2.19. The lowest BCUT2D eigenvalue weighted by molar-refractivity contribution is -0.161. The molecule has 0 aromatic rings. The van der Waals surface area contributed by atoms with Gasteiger partial charge >= 0.3 is 19.8 Å². The highest BCUT2D eigenvalue weighted by molar-refractivity contribution is 7.47. The lowest BCUT2D eigenvalue weighted by Crippen LogP contribution is -2.29. The van der Waals surface area contributed by atoms with Crippen LogP contribution in [0.4, 0.5) is 0 Å². The van der Waals surface area contributed by atoms with E-state index in [1.54, 1.807) is 0 Å². The van der Waals surface area contributed by atoms with E-state index in [0.29, 0.717) is 6.42 Å². The molecule has 0 aromatic carbocycles. The number of hydrogen-bond donors (Lipinski definition) is 2. The molecular weight excluding hydrogens is 906 g/mol. The first-order valence-corrected chi connectivity index (χ1v) is 29.9. The number of hydrogen-bond acceptors (Lipinski definition) is 8. The van der Waals surface area contributed by atoms with Crippen molar-refractivity contribution in [3.8, 4) is 0 Å². The van der Waals surface area contributed by atoms with Gasteiger partial charge < -0.3 is 20.1 Å². The van der Waals surface area contributed by atoms with E-state index < -0.39 is 32.5 Å². The molecule has 0 aliphatic rings. The zero-order valence-electron chi connectivity index (χ0n) is 45.2. The molecule has 0 radical (unpaired) electrons. The smallest absolute Gasteiger partial charge is 0.462 e. The zero-order valence-corrected chi connectivity index (χ0v) is 46.1. The number of unbranched alkanes of at least 4 members (excludes halogenated alkanes) is 21. The first kappa shape index (κ1) is 67.7. The number of phosphoric acid groups is 1. The molecule has 10 heteroatoms. The van der Waals surface area contributed by atoms with Crippen LogP contribution < -0.4 is 5.73 Å². The third-order valence-corrected chi connectivity index (χ3v) is 12.6. The maximum atomic E-state index is 12.7. The van der Waals surface area contributed by atoms with Gasteiger partial charge in [0, 0.05) is 19.4 Å². The molecule has 3 N–H and O–H groups in total. The molecule has 0 aliphatic carbocycles. The molecule has 406 valence electrons. The molecular formula is C61H104NO8P. The molecule has 0 bridgehead atoms. The first-order chi connectivity index (χ1) is 34.8. The van der Waals surface area contributed by atoms with Crippen LogP contribution in [0.25, 0.3) is 0 Å². The molecule has 0 saturated carbocycles. The van der Waals surface area contributed by atoms with Crippen LogP contribution in [-0.4, -0.2) is 49.3 Å². The third-order valence-electron chi connectivity index (χ3n) is 11.6. The van der Waals surface area contributed by atoms with Gasteiger partial charge in [-0.15, -0.1) is 0 Å². The summed E-state index contributed by atoms with van der Waals surface area (Å²) in [6.45, 7) is 3.61. The molecule has 0 saturated heterocycles. The molecule has 0 fully saturated rings. The van der Waals surface area contributed by atoms with Gasteiger partial charge in [-0.25, -0.2) is 4.57 Å². The Morgan fingerprint density at radius 1 is 0.437 bits per heavy atom. The van der Waals surface area contributed by atoms with E-state index in [4.69, 9.17) is 24.3 Å². The summed E-state index contributed by atoms with van der Waals surface area (Å²) in [6, 6.07) is 0. The summed E-state index contributed by atoms with van der Waals surface area (Å²) < 4.78 is 33.0. The standard InChI is InChI=1S/C61H104NO8P/c1-3-5-7-9-11-13-15-17-19-21-22-23-24-25-26-27-28-29-30-31-32-33-34-35-36-38-40-42-44-46-48-50-52-54-61(64)70-59(58-69-71(65,66)68-56-55-62)57-67-60(63)53-51-49-47-45-43-41-39-37-20-18-16-14-12-10-8-6-4-2/h5,7,11,13,17-20,22-23,25-26,28-29,31-32,34-35,59H,3-4,6,8-10,12,14-16,21,24,27,30,33,36-58,62H2,1-2H3,(H,65,66)/b7-5-,13-11-,19-17-,20-18-,23-22-,26-25-,29-28-,32-31-,35-34-. The van der Waals surface area contributed by atoms with E-state index in [0.717, 1.165) is 109 Å². The fourth-order valence-electron chi connectivity index (χ4n) is 7.47. The summed E-state index contributed by atoms with van der Waals surface area (Å²) >= 11 is 0. The maximum absolute atomic E-state index is 12.7. The van der Waals surface area contributed by atoms with Gasteiger partial charge in [-0.2, -0.15) is 0 Å². The van der Waals surface area contributed by atoms with Gasteiger partial charge in [0.2, 0.25) is 0 Å². The van der Waals surface area contributed by atoms with E-state index in [2.05, 4.69) is 123 Å². The highest BCUT2D eigenvalue weighted by Crippen LogP contribution is 2.43. The van der Waals surface area contributed by atoms with E-state index in [1.807, 2.05) is 0 Å². The number of nitrogens with two attached hydrogens (primary N) is 1. The SMILES string of the molecule is CC/C=C\C/C=C\C/C=C\C/C=C\C/C=C\C/C=C\C/C=C\C/C=C\CCCCCCCCCCC(=O)OC(COC(=O)CCCCCCCCC/C=C\CCCCCCCC)COP(=O)(O)OCCN. The second-order valence-corrected chi connectivity index (χ2v) is 19.9. The molecule has 71 heavy (non-hydrogen) atoms. The van der Waals surface area contributed by atoms with Crippen LogP contribution in [0.2, 0.25) is 0 Å². The molecule has 2 unspecified atom stereocenters. The number of phosphoric ester groups is 1. The highest BCUT2D eigenvalue weighted by atomic mass is 31.2. The van der Waals surface area contributed by atoms with Gasteiger partial charge in [0.15, 0.2) is 6.10 Å². The molecule has 0 amide bonds. The Hall–Kier alpha value is -3.33. The quantitative estimate of drug-likeness (QED) is 0.0264. The number of carbonyl (C=O) groups is 2. The van der Waals surface area contributed by atoms with Crippen molar-refractivity contribution in [2.75, 3.05) is 26.4 Å². The van der Waals surface area contributed by atoms with Gasteiger partial charge in [-0.3, -0.25) is 18.6 Å². The van der Waals surface area contributed by atoms with Crippen LogP contribution in [0.5, 0.6) is 0 Å². The van der Waals surface area contributed by atoms with Crippen molar-refractivity contribution in [1.82, 2.24) is 0 Å². The number of esters is 2. The van der Waals surface area contributed by atoms with Crippen molar-refractivity contribution >= 4 is 19.8 Å². The fourth-order valence-corrected chi connectivity index (χ4v) is 8.23. The molecule has 0 heterocycles. The predicted octanol–water partition coefficient (Wildman–Crippen LogP) is 17.8. The Kier molecular flexibility index (Phi) is 53.3. The van der Waals surface area contributed by atoms with Crippen LogP contribution in [0.3, 0.4) is 0 Å². The first-order valence-electron chi connectivity index (χ1n) is 28.4. The number of rotatable bonds is 52. The number of allylic oxidation sites excluding steroid dienone is 18. The van der Waals surface area contributed by atoms with Gasteiger partial charge in [0.05, 0.1) is 13.2 Å². The summed E-state index contributed by atoms with van der Waals surface area (Å²) in [7, 11) is -4.40. The average Bonchev–Trinajstić information content (AvgIpc) is 3.36. The molecule has 0 spiro atoms. The number of ether oxygens (including phenoxy) is 2. The summed E-state index contributed by atoms with van der Waals surface area (Å²) in [5.74, 6) is -0.846. The minimum absolute atomic E-state index is 0.0465. The van der Waals surface area contributed by atoms with Crippen molar-refractivity contribution in [2.45, 2.75) is 238 Å². The Morgan fingerprint density at radius 2 is 0.775 bits per heavy atom. The van der Waals surface area contributed by atoms with Crippen molar-refractivity contribution < 1.29 is 37.6 Å². The van der Waals surface area contributed by atoms with Crippen LogP contribution in [0, 0.1) is 0 Å².